The third kappa shape index (κ3) is 4.57. The van der Waals surface area contributed by atoms with Gasteiger partial charge in [0.2, 0.25) is 5.91 Å². The fourth-order valence-corrected chi connectivity index (χ4v) is 2.49. The molecule has 1 atom stereocenters. The molecule has 0 saturated heterocycles. The smallest absolute Gasteiger partial charge is 0.351 e. The van der Waals surface area contributed by atoms with E-state index in [-0.39, 0.29) is 18.0 Å². The van der Waals surface area contributed by atoms with Crippen molar-refractivity contribution in [3.05, 3.63) is 71.0 Å². The van der Waals surface area contributed by atoms with Crippen LogP contribution in [0.2, 0.25) is 0 Å². The first-order valence-electron chi connectivity index (χ1n) is 7.50. The molecular weight excluding hydrogens is 322 g/mol. The topological polar surface area (TPSA) is 29.1 Å². The molecule has 0 aliphatic heterocycles. The molecule has 0 bridgehead atoms. The van der Waals surface area contributed by atoms with Gasteiger partial charge in [0.1, 0.15) is 5.82 Å². The lowest BCUT2D eigenvalue weighted by Crippen LogP contribution is -2.28. The van der Waals surface area contributed by atoms with Crippen LogP contribution in [0, 0.1) is 5.82 Å². The van der Waals surface area contributed by atoms with Gasteiger partial charge >= 0.3 is 6.18 Å². The van der Waals surface area contributed by atoms with Gasteiger partial charge < -0.3 is 5.32 Å². The van der Waals surface area contributed by atoms with Crippen molar-refractivity contribution in [1.82, 2.24) is 5.32 Å². The van der Waals surface area contributed by atoms with E-state index in [4.69, 9.17) is 0 Å². The molecule has 2 aromatic carbocycles. The second-order valence-electron chi connectivity index (χ2n) is 5.44. The molecule has 1 amide bonds. The number of alkyl halides is 3. The highest BCUT2D eigenvalue weighted by Gasteiger charge is 2.31. The largest absolute Gasteiger partial charge is 0.416 e. The van der Waals surface area contributed by atoms with Gasteiger partial charge in [-0.3, -0.25) is 4.79 Å². The van der Waals surface area contributed by atoms with Crippen molar-refractivity contribution in [2.45, 2.75) is 32.0 Å². The van der Waals surface area contributed by atoms with Crippen LogP contribution >= 0.6 is 0 Å². The summed E-state index contributed by atoms with van der Waals surface area (Å²) in [6.07, 6.45) is -4.08. The van der Waals surface area contributed by atoms with Crippen LogP contribution in [0.5, 0.6) is 0 Å². The third-order valence-corrected chi connectivity index (χ3v) is 3.68. The molecule has 0 aliphatic carbocycles. The predicted molar refractivity (Wildman–Crippen MR) is 82.7 cm³/mol. The minimum absolute atomic E-state index is 0.0681. The van der Waals surface area contributed by atoms with Crippen LogP contribution < -0.4 is 5.32 Å². The maximum absolute atomic E-state index is 13.4. The molecule has 2 aromatic rings. The Morgan fingerprint density at radius 2 is 1.79 bits per heavy atom. The van der Waals surface area contributed by atoms with Crippen LogP contribution in [0.4, 0.5) is 17.6 Å². The monoisotopic (exact) mass is 339 g/mol. The molecule has 6 heteroatoms. The normalized spacial score (nSPS) is 12.7. The Kier molecular flexibility index (Phi) is 5.59. The molecule has 0 fully saturated rings. The van der Waals surface area contributed by atoms with Crippen molar-refractivity contribution in [1.29, 1.82) is 0 Å². The van der Waals surface area contributed by atoms with E-state index in [1.807, 2.05) is 37.3 Å². The standard InChI is InChI=1S/C18H17F4NO/c1-2-16(13-6-4-3-5-7-13)17(24)23-11-12-8-14(18(20,21)22)10-15(19)9-12/h3-10,16H,2,11H2,1H3,(H,23,24). The molecule has 0 aromatic heterocycles. The molecule has 2 rings (SSSR count). The molecule has 0 spiro atoms. The molecule has 2 nitrogen and oxygen atoms in total. The first-order valence-corrected chi connectivity index (χ1v) is 7.50. The second kappa shape index (κ2) is 7.47. The lowest BCUT2D eigenvalue weighted by Gasteiger charge is -2.16. The highest BCUT2D eigenvalue weighted by Crippen LogP contribution is 2.30. The maximum atomic E-state index is 13.4. The predicted octanol–water partition coefficient (Wildman–Crippen LogP) is 4.65. The minimum atomic E-state index is -4.63. The SMILES string of the molecule is CCC(C(=O)NCc1cc(F)cc(C(F)(F)F)c1)c1ccccc1. The Morgan fingerprint density at radius 3 is 2.38 bits per heavy atom. The van der Waals surface area contributed by atoms with E-state index < -0.39 is 23.5 Å². The summed E-state index contributed by atoms with van der Waals surface area (Å²) in [5, 5.41) is 2.58. The number of amides is 1. The van der Waals surface area contributed by atoms with Crippen molar-refractivity contribution >= 4 is 5.91 Å². The zero-order valence-corrected chi connectivity index (χ0v) is 13.0. The number of carbonyl (C=O) groups is 1. The van der Waals surface area contributed by atoms with Gasteiger partial charge in [0, 0.05) is 6.54 Å². The van der Waals surface area contributed by atoms with Crippen molar-refractivity contribution in [3.8, 4) is 0 Å². The maximum Gasteiger partial charge on any atom is 0.416 e. The van der Waals surface area contributed by atoms with Crippen LogP contribution in [-0.2, 0) is 17.5 Å². The number of hydrogen-bond donors (Lipinski definition) is 1. The molecule has 0 saturated carbocycles. The fraction of sp³-hybridized carbons (Fsp3) is 0.278. The molecule has 1 unspecified atom stereocenters. The number of halogens is 4. The zero-order chi connectivity index (χ0) is 17.7. The van der Waals surface area contributed by atoms with Gasteiger partial charge in [-0.05, 0) is 35.7 Å². The Balaban J connectivity index is 2.10. The zero-order valence-electron chi connectivity index (χ0n) is 13.0. The summed E-state index contributed by atoms with van der Waals surface area (Å²) < 4.78 is 51.5. The first-order chi connectivity index (χ1) is 11.3. The van der Waals surface area contributed by atoms with E-state index in [9.17, 15) is 22.4 Å². The molecule has 1 N–H and O–H groups in total. The van der Waals surface area contributed by atoms with Crippen molar-refractivity contribution in [2.24, 2.45) is 0 Å². The van der Waals surface area contributed by atoms with Gasteiger partial charge in [-0.1, -0.05) is 37.3 Å². The summed E-state index contributed by atoms with van der Waals surface area (Å²) in [6.45, 7) is 1.68. The van der Waals surface area contributed by atoms with Gasteiger partial charge in [0.15, 0.2) is 0 Å². The molecule has 24 heavy (non-hydrogen) atoms. The molecule has 0 heterocycles. The Hall–Kier alpha value is -2.37. The summed E-state index contributed by atoms with van der Waals surface area (Å²) in [6, 6.07) is 11.4. The summed E-state index contributed by atoms with van der Waals surface area (Å²) in [4.78, 5) is 12.3. The van der Waals surface area contributed by atoms with Gasteiger partial charge in [0.25, 0.3) is 0 Å². The number of benzene rings is 2. The number of carbonyl (C=O) groups excluding carboxylic acids is 1. The van der Waals surface area contributed by atoms with Crippen LogP contribution in [-0.4, -0.2) is 5.91 Å². The summed E-state index contributed by atoms with van der Waals surface area (Å²) in [7, 11) is 0. The minimum Gasteiger partial charge on any atom is -0.351 e. The Morgan fingerprint density at radius 1 is 1.12 bits per heavy atom. The number of hydrogen-bond acceptors (Lipinski definition) is 1. The Bertz CT molecular complexity index is 698. The van der Waals surface area contributed by atoms with Gasteiger partial charge in [-0.15, -0.1) is 0 Å². The lowest BCUT2D eigenvalue weighted by atomic mass is 9.95. The van der Waals surface area contributed by atoms with E-state index in [0.29, 0.717) is 12.5 Å². The number of rotatable bonds is 5. The van der Waals surface area contributed by atoms with E-state index in [1.54, 1.807) is 0 Å². The van der Waals surface area contributed by atoms with Gasteiger partial charge in [-0.2, -0.15) is 13.2 Å². The molecule has 0 aliphatic rings. The second-order valence-corrected chi connectivity index (χ2v) is 5.44. The Labute approximate surface area is 137 Å². The lowest BCUT2D eigenvalue weighted by molar-refractivity contribution is -0.137. The third-order valence-electron chi connectivity index (χ3n) is 3.68. The van der Waals surface area contributed by atoms with E-state index in [1.165, 1.54) is 0 Å². The van der Waals surface area contributed by atoms with E-state index in [2.05, 4.69) is 5.32 Å². The quantitative estimate of drug-likeness (QED) is 0.789. The summed E-state index contributed by atoms with van der Waals surface area (Å²) in [5.41, 5.74) is -0.173. The molecule has 0 radical (unpaired) electrons. The van der Waals surface area contributed by atoms with Crippen LogP contribution in [0.15, 0.2) is 48.5 Å². The van der Waals surface area contributed by atoms with E-state index in [0.717, 1.165) is 17.7 Å². The fourth-order valence-electron chi connectivity index (χ4n) is 2.49. The van der Waals surface area contributed by atoms with Crippen LogP contribution in [0.1, 0.15) is 36.0 Å². The summed E-state index contributed by atoms with van der Waals surface area (Å²) in [5.74, 6) is -1.69. The average molecular weight is 339 g/mol. The molecule has 128 valence electrons. The number of nitrogens with one attached hydrogen (secondary N) is 1. The van der Waals surface area contributed by atoms with Crippen molar-refractivity contribution in [3.63, 3.8) is 0 Å². The summed E-state index contributed by atoms with van der Waals surface area (Å²) >= 11 is 0. The van der Waals surface area contributed by atoms with Gasteiger partial charge in [-0.25, -0.2) is 4.39 Å². The molecular formula is C18H17F4NO. The average Bonchev–Trinajstić information content (AvgIpc) is 2.53. The van der Waals surface area contributed by atoms with E-state index >= 15 is 0 Å². The first kappa shape index (κ1) is 18.0. The van der Waals surface area contributed by atoms with Crippen LogP contribution in [0.25, 0.3) is 0 Å². The highest BCUT2D eigenvalue weighted by molar-refractivity contribution is 5.83. The highest BCUT2D eigenvalue weighted by atomic mass is 19.4. The van der Waals surface area contributed by atoms with Gasteiger partial charge in [0.05, 0.1) is 11.5 Å². The van der Waals surface area contributed by atoms with Crippen molar-refractivity contribution in [2.75, 3.05) is 0 Å². The van der Waals surface area contributed by atoms with Crippen molar-refractivity contribution < 1.29 is 22.4 Å². The van der Waals surface area contributed by atoms with Crippen LogP contribution in [0.3, 0.4) is 0 Å².